The SMILES string of the molecule is CC(Oc1cc(F)ccc1[N+](=O)[O-])C(=O)N(C)c1ccccc1. The van der Waals surface area contributed by atoms with Gasteiger partial charge in [-0.25, -0.2) is 4.39 Å². The number of hydrogen-bond donors (Lipinski definition) is 0. The van der Waals surface area contributed by atoms with Crippen LogP contribution in [0, 0.1) is 15.9 Å². The average molecular weight is 318 g/mol. The van der Waals surface area contributed by atoms with E-state index >= 15 is 0 Å². The molecule has 2 rings (SSSR count). The van der Waals surface area contributed by atoms with Gasteiger partial charge in [0.2, 0.25) is 5.75 Å². The number of carbonyl (C=O) groups excluding carboxylic acids is 1. The van der Waals surface area contributed by atoms with Crippen molar-refractivity contribution in [2.75, 3.05) is 11.9 Å². The Labute approximate surface area is 132 Å². The summed E-state index contributed by atoms with van der Waals surface area (Å²) in [6.07, 6.45) is -1.01. The molecule has 23 heavy (non-hydrogen) atoms. The van der Waals surface area contributed by atoms with Crippen LogP contribution in [-0.2, 0) is 4.79 Å². The lowest BCUT2D eigenvalue weighted by atomic mass is 10.2. The Hall–Kier alpha value is -2.96. The number of hydrogen-bond acceptors (Lipinski definition) is 4. The van der Waals surface area contributed by atoms with Gasteiger partial charge in [-0.05, 0) is 25.1 Å². The van der Waals surface area contributed by atoms with E-state index in [0.717, 1.165) is 18.2 Å². The summed E-state index contributed by atoms with van der Waals surface area (Å²) in [5.74, 6) is -1.37. The van der Waals surface area contributed by atoms with Crippen LogP contribution in [0.1, 0.15) is 6.92 Å². The van der Waals surface area contributed by atoms with Crippen molar-refractivity contribution >= 4 is 17.3 Å². The highest BCUT2D eigenvalue weighted by Gasteiger charge is 2.24. The number of anilines is 1. The molecule has 0 heterocycles. The van der Waals surface area contributed by atoms with Crippen LogP contribution in [-0.4, -0.2) is 24.0 Å². The van der Waals surface area contributed by atoms with Crippen molar-refractivity contribution in [2.24, 2.45) is 0 Å². The van der Waals surface area contributed by atoms with Crippen molar-refractivity contribution in [2.45, 2.75) is 13.0 Å². The van der Waals surface area contributed by atoms with Crippen molar-refractivity contribution in [3.63, 3.8) is 0 Å². The number of rotatable bonds is 5. The van der Waals surface area contributed by atoms with Gasteiger partial charge in [0.25, 0.3) is 5.91 Å². The first kappa shape index (κ1) is 16.4. The lowest BCUT2D eigenvalue weighted by Gasteiger charge is -2.22. The van der Waals surface area contributed by atoms with E-state index < -0.39 is 28.4 Å². The molecule has 0 aromatic heterocycles. The van der Waals surface area contributed by atoms with Gasteiger partial charge in [-0.3, -0.25) is 14.9 Å². The Morgan fingerprint density at radius 2 is 1.91 bits per heavy atom. The van der Waals surface area contributed by atoms with E-state index in [9.17, 15) is 19.3 Å². The predicted molar refractivity (Wildman–Crippen MR) is 83.0 cm³/mol. The monoisotopic (exact) mass is 318 g/mol. The molecule has 0 saturated carbocycles. The van der Waals surface area contributed by atoms with Gasteiger partial charge in [-0.1, -0.05) is 18.2 Å². The van der Waals surface area contributed by atoms with Crippen LogP contribution >= 0.6 is 0 Å². The molecule has 0 fully saturated rings. The quantitative estimate of drug-likeness (QED) is 0.627. The lowest BCUT2D eigenvalue weighted by Crippen LogP contribution is -2.38. The van der Waals surface area contributed by atoms with E-state index in [-0.39, 0.29) is 5.75 Å². The predicted octanol–water partition coefficient (Wildman–Crippen LogP) is 3.16. The Bertz CT molecular complexity index is 721. The standard InChI is InChI=1S/C16H15FN2O4/c1-11(16(20)18(2)13-6-4-3-5-7-13)23-15-10-12(17)8-9-14(15)19(21)22/h3-11H,1-2H3. The van der Waals surface area contributed by atoms with Crippen LogP contribution < -0.4 is 9.64 Å². The van der Waals surface area contributed by atoms with Crippen molar-refractivity contribution in [3.05, 3.63) is 64.5 Å². The molecule has 0 spiro atoms. The van der Waals surface area contributed by atoms with Crippen LogP contribution in [0.5, 0.6) is 5.75 Å². The van der Waals surface area contributed by atoms with Crippen molar-refractivity contribution in [1.82, 2.24) is 0 Å². The number of para-hydroxylation sites is 1. The number of nitro groups is 1. The Morgan fingerprint density at radius 1 is 1.26 bits per heavy atom. The molecular formula is C16H15FN2O4. The third-order valence-corrected chi connectivity index (χ3v) is 3.24. The van der Waals surface area contributed by atoms with E-state index in [0.29, 0.717) is 5.69 Å². The first-order chi connectivity index (χ1) is 10.9. The molecule has 0 saturated heterocycles. The Balaban J connectivity index is 2.19. The number of amides is 1. The van der Waals surface area contributed by atoms with Gasteiger partial charge in [0.1, 0.15) is 5.82 Å². The molecule has 1 unspecified atom stereocenters. The maximum atomic E-state index is 13.3. The van der Waals surface area contributed by atoms with E-state index in [1.54, 1.807) is 31.3 Å². The van der Waals surface area contributed by atoms with E-state index in [2.05, 4.69) is 0 Å². The second kappa shape index (κ2) is 6.87. The van der Waals surface area contributed by atoms with Crippen LogP contribution in [0.2, 0.25) is 0 Å². The average Bonchev–Trinajstić information content (AvgIpc) is 2.54. The zero-order valence-corrected chi connectivity index (χ0v) is 12.6. The molecule has 2 aromatic rings. The molecule has 0 aliphatic rings. The zero-order valence-electron chi connectivity index (χ0n) is 12.6. The molecule has 2 aromatic carbocycles. The number of carbonyl (C=O) groups is 1. The van der Waals surface area contributed by atoms with Gasteiger partial charge in [-0.15, -0.1) is 0 Å². The Kier molecular flexibility index (Phi) is 4.90. The smallest absolute Gasteiger partial charge is 0.311 e. The molecule has 0 aliphatic carbocycles. The topological polar surface area (TPSA) is 72.7 Å². The summed E-state index contributed by atoms with van der Waals surface area (Å²) in [5.41, 5.74) is 0.259. The first-order valence-electron chi connectivity index (χ1n) is 6.83. The minimum atomic E-state index is -1.01. The highest BCUT2D eigenvalue weighted by Crippen LogP contribution is 2.28. The van der Waals surface area contributed by atoms with Crippen LogP contribution in [0.4, 0.5) is 15.8 Å². The summed E-state index contributed by atoms with van der Waals surface area (Å²) in [5, 5.41) is 10.9. The van der Waals surface area contributed by atoms with Crippen LogP contribution in [0.15, 0.2) is 48.5 Å². The van der Waals surface area contributed by atoms with Gasteiger partial charge in [-0.2, -0.15) is 0 Å². The molecule has 1 amide bonds. The fraction of sp³-hybridized carbons (Fsp3) is 0.188. The first-order valence-corrected chi connectivity index (χ1v) is 6.83. The maximum absolute atomic E-state index is 13.3. The van der Waals surface area contributed by atoms with Gasteiger partial charge in [0, 0.05) is 24.9 Å². The van der Waals surface area contributed by atoms with Crippen molar-refractivity contribution in [1.29, 1.82) is 0 Å². The number of likely N-dealkylation sites (N-methyl/N-ethyl adjacent to an activating group) is 1. The maximum Gasteiger partial charge on any atom is 0.311 e. The summed E-state index contributed by atoms with van der Waals surface area (Å²) in [4.78, 5) is 24.0. The van der Waals surface area contributed by atoms with Crippen molar-refractivity contribution in [3.8, 4) is 5.75 Å². The number of nitrogens with zero attached hydrogens (tertiary/aromatic N) is 2. The van der Waals surface area contributed by atoms with Gasteiger partial charge in [0.15, 0.2) is 6.10 Å². The highest BCUT2D eigenvalue weighted by molar-refractivity contribution is 5.96. The molecule has 0 bridgehead atoms. The zero-order chi connectivity index (χ0) is 17.0. The molecular weight excluding hydrogens is 303 g/mol. The van der Waals surface area contributed by atoms with Crippen molar-refractivity contribution < 1.29 is 18.8 Å². The second-order valence-corrected chi connectivity index (χ2v) is 4.86. The fourth-order valence-electron chi connectivity index (χ4n) is 2.03. The summed E-state index contributed by atoms with van der Waals surface area (Å²) in [6, 6.07) is 11.7. The molecule has 0 aliphatic heterocycles. The normalized spacial score (nSPS) is 11.6. The van der Waals surface area contributed by atoms with E-state index in [1.165, 1.54) is 11.8 Å². The molecule has 0 N–H and O–H groups in total. The summed E-state index contributed by atoms with van der Waals surface area (Å²) < 4.78 is 18.6. The van der Waals surface area contributed by atoms with E-state index in [1.807, 2.05) is 6.07 Å². The molecule has 7 heteroatoms. The molecule has 0 radical (unpaired) electrons. The summed E-state index contributed by atoms with van der Waals surface area (Å²) in [6.45, 7) is 1.45. The van der Waals surface area contributed by atoms with Gasteiger partial charge >= 0.3 is 5.69 Å². The van der Waals surface area contributed by atoms with Gasteiger partial charge < -0.3 is 9.64 Å². The minimum absolute atomic E-state index is 0.280. The third-order valence-electron chi connectivity index (χ3n) is 3.24. The highest BCUT2D eigenvalue weighted by atomic mass is 19.1. The lowest BCUT2D eigenvalue weighted by molar-refractivity contribution is -0.386. The largest absolute Gasteiger partial charge is 0.474 e. The van der Waals surface area contributed by atoms with Crippen LogP contribution in [0.25, 0.3) is 0 Å². The fourth-order valence-corrected chi connectivity index (χ4v) is 2.03. The minimum Gasteiger partial charge on any atom is -0.474 e. The van der Waals surface area contributed by atoms with Gasteiger partial charge in [0.05, 0.1) is 4.92 Å². The van der Waals surface area contributed by atoms with E-state index in [4.69, 9.17) is 4.74 Å². The molecule has 6 nitrogen and oxygen atoms in total. The number of benzene rings is 2. The summed E-state index contributed by atoms with van der Waals surface area (Å²) in [7, 11) is 1.57. The van der Waals surface area contributed by atoms with Crippen LogP contribution in [0.3, 0.4) is 0 Å². The summed E-state index contributed by atoms with van der Waals surface area (Å²) >= 11 is 0. The number of ether oxygens (including phenoxy) is 1. The Morgan fingerprint density at radius 3 is 2.52 bits per heavy atom. The number of halogens is 1. The molecule has 120 valence electrons. The molecule has 1 atom stereocenters. The third kappa shape index (κ3) is 3.82. The number of nitro benzene ring substituents is 1. The second-order valence-electron chi connectivity index (χ2n) is 4.86.